The molecule has 0 radical (unpaired) electrons. The molecule has 0 aliphatic heterocycles. The van der Waals surface area contributed by atoms with Gasteiger partial charge in [-0.3, -0.25) is 0 Å². The molecule has 0 spiro atoms. The van der Waals surface area contributed by atoms with E-state index in [9.17, 15) is 0 Å². The fourth-order valence-corrected chi connectivity index (χ4v) is 7.30. The summed E-state index contributed by atoms with van der Waals surface area (Å²) in [6, 6.07) is 38.4. The van der Waals surface area contributed by atoms with E-state index in [2.05, 4.69) is 139 Å². The van der Waals surface area contributed by atoms with Gasteiger partial charge in [-0.2, -0.15) is 0 Å². The largest absolute Gasteiger partial charge is 0.0651 e. The van der Waals surface area contributed by atoms with Crippen molar-refractivity contribution in [3.63, 3.8) is 0 Å². The standard InChI is InChI=1S/C45H60/c1-7-11-36-15-23-40(24-16-36)34(5)31-44(42-27-19-38(13-9-3)20-28-42)33-45(43-29-21-39(14-10-4)22-30-43)32-35(6)41-25-17-37(12-8-2)18-26-41/h15-30,34-35,44-45H,7-14,31-33H2,1-6H3. The lowest BCUT2D eigenvalue weighted by Gasteiger charge is -2.29. The molecular formula is C45H60. The van der Waals surface area contributed by atoms with Crippen LogP contribution in [0.2, 0.25) is 0 Å². The zero-order chi connectivity index (χ0) is 32.0. The molecule has 45 heavy (non-hydrogen) atoms. The number of hydrogen-bond acceptors (Lipinski definition) is 0. The van der Waals surface area contributed by atoms with Gasteiger partial charge in [0.2, 0.25) is 0 Å². The maximum Gasteiger partial charge on any atom is -0.0150 e. The van der Waals surface area contributed by atoms with Crippen LogP contribution in [0.3, 0.4) is 0 Å². The van der Waals surface area contributed by atoms with E-state index in [0.29, 0.717) is 23.7 Å². The van der Waals surface area contributed by atoms with Crippen LogP contribution in [0.1, 0.15) is 155 Å². The van der Waals surface area contributed by atoms with Gasteiger partial charge in [-0.25, -0.2) is 0 Å². The summed E-state index contributed by atoms with van der Waals surface area (Å²) in [5, 5.41) is 0. The highest BCUT2D eigenvalue weighted by molar-refractivity contribution is 5.32. The van der Waals surface area contributed by atoms with Crippen LogP contribution in [0.4, 0.5) is 0 Å². The van der Waals surface area contributed by atoms with Crippen LogP contribution in [-0.2, 0) is 25.7 Å². The first-order chi connectivity index (χ1) is 21.9. The van der Waals surface area contributed by atoms with Crippen LogP contribution in [0, 0.1) is 0 Å². The van der Waals surface area contributed by atoms with E-state index in [4.69, 9.17) is 0 Å². The van der Waals surface area contributed by atoms with Crippen LogP contribution in [0.5, 0.6) is 0 Å². The molecule has 4 atom stereocenters. The molecule has 0 aromatic heterocycles. The average molecular weight is 601 g/mol. The van der Waals surface area contributed by atoms with Gasteiger partial charge in [0, 0.05) is 0 Å². The monoisotopic (exact) mass is 600 g/mol. The molecule has 0 N–H and O–H groups in total. The average Bonchev–Trinajstić information content (AvgIpc) is 3.06. The summed E-state index contributed by atoms with van der Waals surface area (Å²) in [6.45, 7) is 14.0. The van der Waals surface area contributed by atoms with Gasteiger partial charge >= 0.3 is 0 Å². The lowest BCUT2D eigenvalue weighted by atomic mass is 9.75. The summed E-state index contributed by atoms with van der Waals surface area (Å²) in [4.78, 5) is 0. The molecule has 0 aliphatic rings. The third-order valence-electron chi connectivity index (χ3n) is 10.00. The Morgan fingerprint density at radius 3 is 0.822 bits per heavy atom. The Kier molecular flexibility index (Phi) is 14.0. The Hall–Kier alpha value is -3.12. The minimum atomic E-state index is 0.505. The zero-order valence-corrected chi connectivity index (χ0v) is 29.3. The van der Waals surface area contributed by atoms with E-state index in [-0.39, 0.29) is 0 Å². The third kappa shape index (κ3) is 10.5. The Bertz CT molecular complexity index is 1250. The molecule has 0 bridgehead atoms. The van der Waals surface area contributed by atoms with E-state index in [0.717, 1.165) is 12.8 Å². The van der Waals surface area contributed by atoms with Gasteiger partial charge in [-0.05, 0) is 113 Å². The highest BCUT2D eigenvalue weighted by Crippen LogP contribution is 2.41. The third-order valence-corrected chi connectivity index (χ3v) is 10.00. The van der Waals surface area contributed by atoms with Crippen LogP contribution in [0.15, 0.2) is 97.1 Å². The first kappa shape index (κ1) is 34.7. The second-order valence-electron chi connectivity index (χ2n) is 13.9. The molecule has 0 aliphatic carbocycles. The van der Waals surface area contributed by atoms with Crippen molar-refractivity contribution in [1.82, 2.24) is 0 Å². The van der Waals surface area contributed by atoms with Crippen LogP contribution in [0.25, 0.3) is 0 Å². The summed E-state index contributed by atoms with van der Waals surface area (Å²) in [5.41, 5.74) is 11.8. The molecule has 0 saturated heterocycles. The van der Waals surface area contributed by atoms with E-state index >= 15 is 0 Å². The van der Waals surface area contributed by atoms with Crippen LogP contribution >= 0.6 is 0 Å². The number of hydrogen-bond donors (Lipinski definition) is 0. The SMILES string of the molecule is CCCc1ccc(C(C)CC(CC(CC(C)c2ccc(CCC)cc2)c2ccc(CCC)cc2)c2ccc(CCC)cc2)cc1. The number of rotatable bonds is 18. The molecular weight excluding hydrogens is 540 g/mol. The Morgan fingerprint density at radius 2 is 0.578 bits per heavy atom. The molecule has 4 unspecified atom stereocenters. The van der Waals surface area contributed by atoms with Crippen molar-refractivity contribution < 1.29 is 0 Å². The Morgan fingerprint density at radius 1 is 0.333 bits per heavy atom. The topological polar surface area (TPSA) is 0 Å². The maximum absolute atomic E-state index is 2.45. The summed E-state index contributed by atoms with van der Waals surface area (Å²) in [7, 11) is 0. The van der Waals surface area contributed by atoms with Crippen molar-refractivity contribution in [2.45, 2.75) is 136 Å². The van der Waals surface area contributed by atoms with Crippen LogP contribution < -0.4 is 0 Å². The minimum Gasteiger partial charge on any atom is -0.0651 e. The van der Waals surface area contributed by atoms with Crippen molar-refractivity contribution in [1.29, 1.82) is 0 Å². The first-order valence-corrected chi connectivity index (χ1v) is 18.3. The molecule has 0 heterocycles. The molecule has 240 valence electrons. The lowest BCUT2D eigenvalue weighted by molar-refractivity contribution is 0.440. The zero-order valence-electron chi connectivity index (χ0n) is 29.3. The van der Waals surface area contributed by atoms with Gasteiger partial charge in [-0.1, -0.05) is 164 Å². The van der Waals surface area contributed by atoms with Gasteiger partial charge in [0.05, 0.1) is 0 Å². The molecule has 0 amide bonds. The smallest absolute Gasteiger partial charge is 0.0150 e. The molecule has 4 aromatic carbocycles. The highest BCUT2D eigenvalue weighted by Gasteiger charge is 2.25. The maximum atomic E-state index is 2.45. The predicted octanol–water partition coefficient (Wildman–Crippen LogP) is 13.1. The normalized spacial score (nSPS) is 14.2. The fraction of sp³-hybridized carbons (Fsp3) is 0.467. The molecule has 4 aromatic rings. The minimum absolute atomic E-state index is 0.505. The quantitative estimate of drug-likeness (QED) is 0.107. The van der Waals surface area contributed by atoms with Gasteiger partial charge in [0.1, 0.15) is 0 Å². The van der Waals surface area contributed by atoms with Gasteiger partial charge in [-0.15, -0.1) is 0 Å². The fourth-order valence-electron chi connectivity index (χ4n) is 7.30. The Labute approximate surface area is 276 Å². The molecule has 4 rings (SSSR count). The molecule has 0 heteroatoms. The van der Waals surface area contributed by atoms with E-state index < -0.39 is 0 Å². The van der Waals surface area contributed by atoms with Crippen molar-refractivity contribution in [2.75, 3.05) is 0 Å². The second kappa shape index (κ2) is 18.1. The van der Waals surface area contributed by atoms with Crippen molar-refractivity contribution >= 4 is 0 Å². The number of aryl methyl sites for hydroxylation is 4. The van der Waals surface area contributed by atoms with Gasteiger partial charge in [0.15, 0.2) is 0 Å². The summed E-state index contributed by atoms with van der Waals surface area (Å²) in [6.07, 6.45) is 13.0. The van der Waals surface area contributed by atoms with E-state index in [1.165, 1.54) is 102 Å². The van der Waals surface area contributed by atoms with Gasteiger partial charge in [0.25, 0.3) is 0 Å². The summed E-state index contributed by atoms with van der Waals surface area (Å²) < 4.78 is 0. The lowest BCUT2D eigenvalue weighted by Crippen LogP contribution is -2.13. The predicted molar refractivity (Wildman–Crippen MR) is 198 cm³/mol. The van der Waals surface area contributed by atoms with Crippen molar-refractivity contribution in [3.05, 3.63) is 142 Å². The van der Waals surface area contributed by atoms with Crippen molar-refractivity contribution in [3.8, 4) is 0 Å². The van der Waals surface area contributed by atoms with E-state index in [1.807, 2.05) is 0 Å². The summed E-state index contributed by atoms with van der Waals surface area (Å²) >= 11 is 0. The number of benzene rings is 4. The second-order valence-corrected chi connectivity index (χ2v) is 13.9. The summed E-state index contributed by atoms with van der Waals surface area (Å²) in [5.74, 6) is 2.03. The molecule has 0 saturated carbocycles. The highest BCUT2D eigenvalue weighted by atomic mass is 14.3. The molecule has 0 nitrogen and oxygen atoms in total. The Balaban J connectivity index is 1.64. The first-order valence-electron chi connectivity index (χ1n) is 18.3. The van der Waals surface area contributed by atoms with Crippen LogP contribution in [-0.4, -0.2) is 0 Å². The van der Waals surface area contributed by atoms with Gasteiger partial charge < -0.3 is 0 Å². The molecule has 0 fully saturated rings. The van der Waals surface area contributed by atoms with E-state index in [1.54, 1.807) is 0 Å². The van der Waals surface area contributed by atoms with Crippen molar-refractivity contribution in [2.24, 2.45) is 0 Å².